The number of thiophene rings is 1. The standard InChI is InChI=1S/C17H19N3OS/c1-10-4-7-13-14(8-10)22-16-15(13)17(21)19(9-18-16)20-11(2)5-6-12(20)3/h5-6,9-10H,4,7-8H2,1-3H3. The monoisotopic (exact) mass is 313 g/mol. The Bertz CT molecular complexity index is 912. The Kier molecular flexibility index (Phi) is 3.01. The van der Waals surface area contributed by atoms with Crippen molar-refractivity contribution in [3.05, 3.63) is 50.6 Å². The van der Waals surface area contributed by atoms with Crippen molar-refractivity contribution < 1.29 is 0 Å². The highest BCUT2D eigenvalue weighted by atomic mass is 32.1. The zero-order valence-electron chi connectivity index (χ0n) is 13.1. The van der Waals surface area contributed by atoms with Gasteiger partial charge in [-0.15, -0.1) is 11.3 Å². The topological polar surface area (TPSA) is 39.8 Å². The van der Waals surface area contributed by atoms with Crippen LogP contribution in [-0.4, -0.2) is 14.3 Å². The number of hydrogen-bond donors (Lipinski definition) is 0. The first-order valence-electron chi connectivity index (χ1n) is 7.73. The van der Waals surface area contributed by atoms with Crippen LogP contribution in [0.3, 0.4) is 0 Å². The Morgan fingerprint density at radius 1 is 1.27 bits per heavy atom. The summed E-state index contributed by atoms with van der Waals surface area (Å²) in [7, 11) is 0. The molecule has 0 saturated heterocycles. The van der Waals surface area contributed by atoms with Crippen LogP contribution < -0.4 is 5.56 Å². The van der Waals surface area contributed by atoms with Crippen molar-refractivity contribution in [3.8, 4) is 0 Å². The van der Waals surface area contributed by atoms with Crippen LogP contribution in [0, 0.1) is 19.8 Å². The fourth-order valence-electron chi connectivity index (χ4n) is 3.46. The van der Waals surface area contributed by atoms with E-state index in [0.717, 1.165) is 40.9 Å². The molecule has 0 amide bonds. The third-order valence-electron chi connectivity index (χ3n) is 4.65. The van der Waals surface area contributed by atoms with Crippen molar-refractivity contribution in [1.29, 1.82) is 0 Å². The van der Waals surface area contributed by atoms with Gasteiger partial charge in [0.1, 0.15) is 11.2 Å². The van der Waals surface area contributed by atoms with Gasteiger partial charge in [0, 0.05) is 16.3 Å². The summed E-state index contributed by atoms with van der Waals surface area (Å²) in [5.41, 5.74) is 3.38. The summed E-state index contributed by atoms with van der Waals surface area (Å²) in [6, 6.07) is 4.05. The van der Waals surface area contributed by atoms with Gasteiger partial charge >= 0.3 is 0 Å². The number of aromatic nitrogens is 3. The van der Waals surface area contributed by atoms with Crippen molar-refractivity contribution in [2.45, 2.75) is 40.0 Å². The molecule has 3 aromatic heterocycles. The predicted molar refractivity (Wildman–Crippen MR) is 89.8 cm³/mol. The van der Waals surface area contributed by atoms with Gasteiger partial charge in [-0.05, 0) is 56.7 Å². The Morgan fingerprint density at radius 3 is 2.73 bits per heavy atom. The van der Waals surface area contributed by atoms with E-state index in [1.165, 1.54) is 10.4 Å². The molecular weight excluding hydrogens is 294 g/mol. The molecule has 3 aromatic rings. The third-order valence-corrected chi connectivity index (χ3v) is 5.81. The quantitative estimate of drug-likeness (QED) is 0.691. The van der Waals surface area contributed by atoms with Gasteiger partial charge in [-0.25, -0.2) is 9.66 Å². The van der Waals surface area contributed by atoms with Crippen LogP contribution in [0.1, 0.15) is 35.2 Å². The van der Waals surface area contributed by atoms with Crippen LogP contribution in [0.4, 0.5) is 0 Å². The minimum Gasteiger partial charge on any atom is -0.267 e. The van der Waals surface area contributed by atoms with Gasteiger partial charge in [0.15, 0.2) is 0 Å². The lowest BCUT2D eigenvalue weighted by molar-refractivity contribution is 0.508. The molecule has 0 fully saturated rings. The molecule has 114 valence electrons. The van der Waals surface area contributed by atoms with E-state index < -0.39 is 0 Å². The molecule has 22 heavy (non-hydrogen) atoms. The van der Waals surface area contributed by atoms with E-state index in [-0.39, 0.29) is 5.56 Å². The molecule has 0 aromatic carbocycles. The fourth-order valence-corrected chi connectivity index (χ4v) is 4.81. The summed E-state index contributed by atoms with van der Waals surface area (Å²) < 4.78 is 3.59. The highest BCUT2D eigenvalue weighted by Crippen LogP contribution is 2.35. The number of hydrogen-bond acceptors (Lipinski definition) is 3. The van der Waals surface area contributed by atoms with Crippen molar-refractivity contribution in [2.75, 3.05) is 0 Å². The van der Waals surface area contributed by atoms with Gasteiger partial charge in [-0.1, -0.05) is 6.92 Å². The van der Waals surface area contributed by atoms with E-state index in [4.69, 9.17) is 0 Å². The zero-order valence-corrected chi connectivity index (χ0v) is 13.9. The van der Waals surface area contributed by atoms with Gasteiger partial charge in [-0.3, -0.25) is 9.47 Å². The normalized spacial score (nSPS) is 17.9. The predicted octanol–water partition coefficient (Wildman–Crippen LogP) is 3.31. The molecule has 4 rings (SSSR count). The molecule has 1 atom stereocenters. The third kappa shape index (κ3) is 1.88. The summed E-state index contributed by atoms with van der Waals surface area (Å²) in [5, 5.41) is 0.835. The van der Waals surface area contributed by atoms with Gasteiger partial charge in [-0.2, -0.15) is 0 Å². The van der Waals surface area contributed by atoms with E-state index in [2.05, 4.69) is 11.9 Å². The van der Waals surface area contributed by atoms with Gasteiger partial charge in [0.25, 0.3) is 5.56 Å². The first kappa shape index (κ1) is 13.8. The second-order valence-corrected chi connectivity index (χ2v) is 7.44. The van der Waals surface area contributed by atoms with E-state index in [1.54, 1.807) is 22.3 Å². The van der Waals surface area contributed by atoms with Crippen molar-refractivity contribution in [1.82, 2.24) is 14.3 Å². The molecule has 0 bridgehead atoms. The minimum atomic E-state index is 0.0550. The van der Waals surface area contributed by atoms with E-state index in [1.807, 2.05) is 30.7 Å². The summed E-state index contributed by atoms with van der Waals surface area (Å²) in [5.74, 6) is 0.705. The minimum absolute atomic E-state index is 0.0550. The van der Waals surface area contributed by atoms with Crippen LogP contribution >= 0.6 is 11.3 Å². The maximum atomic E-state index is 13.1. The molecule has 1 aliphatic carbocycles. The van der Waals surface area contributed by atoms with E-state index in [9.17, 15) is 4.79 Å². The number of rotatable bonds is 1. The molecule has 0 N–H and O–H groups in total. The smallest absolute Gasteiger partial charge is 0.267 e. The summed E-state index contributed by atoms with van der Waals surface area (Å²) in [4.78, 5) is 19.9. The molecule has 0 radical (unpaired) electrons. The zero-order chi connectivity index (χ0) is 15.4. The summed E-state index contributed by atoms with van der Waals surface area (Å²) in [6.45, 7) is 6.30. The van der Waals surface area contributed by atoms with Crippen LogP contribution in [-0.2, 0) is 12.8 Å². The van der Waals surface area contributed by atoms with Crippen molar-refractivity contribution in [3.63, 3.8) is 0 Å². The SMILES string of the molecule is Cc1ccc(C)n1-n1cnc2sc3c(c2c1=O)CCC(C)C3. The van der Waals surface area contributed by atoms with Gasteiger partial charge < -0.3 is 0 Å². The van der Waals surface area contributed by atoms with Crippen LogP contribution in [0.5, 0.6) is 0 Å². The first-order valence-corrected chi connectivity index (χ1v) is 8.55. The molecule has 4 nitrogen and oxygen atoms in total. The second-order valence-electron chi connectivity index (χ2n) is 6.35. The Labute approximate surface area is 133 Å². The summed E-state index contributed by atoms with van der Waals surface area (Å²) in [6.07, 6.45) is 4.91. The van der Waals surface area contributed by atoms with Crippen molar-refractivity contribution in [2.24, 2.45) is 5.92 Å². The second kappa shape index (κ2) is 4.81. The molecule has 5 heteroatoms. The molecule has 0 saturated carbocycles. The fraction of sp³-hybridized carbons (Fsp3) is 0.412. The lowest BCUT2D eigenvalue weighted by Crippen LogP contribution is -2.28. The average Bonchev–Trinajstić information content (AvgIpc) is 3.00. The van der Waals surface area contributed by atoms with E-state index >= 15 is 0 Å². The Morgan fingerprint density at radius 2 is 2.00 bits per heavy atom. The highest BCUT2D eigenvalue weighted by Gasteiger charge is 2.23. The average molecular weight is 313 g/mol. The molecule has 1 unspecified atom stereocenters. The number of nitrogens with zero attached hydrogens (tertiary/aromatic N) is 3. The highest BCUT2D eigenvalue weighted by molar-refractivity contribution is 7.18. The first-order chi connectivity index (χ1) is 10.6. The molecule has 1 aliphatic rings. The van der Waals surface area contributed by atoms with Crippen molar-refractivity contribution >= 4 is 21.6 Å². The Balaban J connectivity index is 2.01. The number of fused-ring (bicyclic) bond motifs is 3. The Hall–Kier alpha value is -1.88. The van der Waals surface area contributed by atoms with E-state index in [0.29, 0.717) is 5.92 Å². The maximum absolute atomic E-state index is 13.1. The molecule has 3 heterocycles. The van der Waals surface area contributed by atoms with Gasteiger partial charge in [0.2, 0.25) is 0 Å². The molecule has 0 aliphatic heterocycles. The van der Waals surface area contributed by atoms with Crippen LogP contribution in [0.2, 0.25) is 0 Å². The lowest BCUT2D eigenvalue weighted by atomic mass is 9.89. The number of aryl methyl sites for hydroxylation is 3. The summed E-state index contributed by atoms with van der Waals surface area (Å²) >= 11 is 1.70. The van der Waals surface area contributed by atoms with Gasteiger partial charge in [0.05, 0.1) is 5.39 Å². The molecular formula is C17H19N3OS. The van der Waals surface area contributed by atoms with Crippen LogP contribution in [0.25, 0.3) is 10.2 Å². The largest absolute Gasteiger partial charge is 0.281 e. The van der Waals surface area contributed by atoms with Crippen LogP contribution in [0.15, 0.2) is 23.3 Å². The lowest BCUT2D eigenvalue weighted by Gasteiger charge is -2.17. The maximum Gasteiger partial charge on any atom is 0.281 e. The molecule has 0 spiro atoms.